The highest BCUT2D eigenvalue weighted by atomic mass is 19.1. The quantitative estimate of drug-likeness (QED) is 0.930. The third-order valence-electron chi connectivity index (χ3n) is 5.45. The van der Waals surface area contributed by atoms with Crippen molar-refractivity contribution in [1.29, 1.82) is 0 Å². The largest absolute Gasteiger partial charge is 0.381 e. The summed E-state index contributed by atoms with van der Waals surface area (Å²) in [6.45, 7) is 1.83. The van der Waals surface area contributed by atoms with Crippen molar-refractivity contribution in [2.45, 2.75) is 43.7 Å². The zero-order valence-corrected chi connectivity index (χ0v) is 14.1. The van der Waals surface area contributed by atoms with Crippen LogP contribution in [0.4, 0.5) is 4.39 Å². The summed E-state index contributed by atoms with van der Waals surface area (Å²) in [5.41, 5.74) is 0.232. The molecule has 3 heterocycles. The van der Waals surface area contributed by atoms with Gasteiger partial charge in [0.1, 0.15) is 11.6 Å². The molecule has 0 radical (unpaired) electrons. The second-order valence-corrected chi connectivity index (χ2v) is 6.91. The van der Waals surface area contributed by atoms with E-state index in [0.717, 1.165) is 30.8 Å². The Balaban J connectivity index is 1.55. The number of halogens is 1. The zero-order chi connectivity index (χ0) is 17.3. The van der Waals surface area contributed by atoms with E-state index in [4.69, 9.17) is 4.74 Å². The van der Waals surface area contributed by atoms with Crippen LogP contribution in [0.5, 0.6) is 0 Å². The molecule has 2 aliphatic heterocycles. The summed E-state index contributed by atoms with van der Waals surface area (Å²) in [6.07, 6.45) is 6.75. The van der Waals surface area contributed by atoms with Gasteiger partial charge in [0.2, 0.25) is 5.91 Å². The van der Waals surface area contributed by atoms with Crippen LogP contribution < -0.4 is 5.32 Å². The number of carbonyl (C=O) groups excluding carboxylic acids is 1. The normalized spacial score (nSPS) is 22.2. The van der Waals surface area contributed by atoms with Crippen LogP contribution in [-0.4, -0.2) is 34.7 Å². The van der Waals surface area contributed by atoms with E-state index >= 15 is 0 Å². The van der Waals surface area contributed by atoms with E-state index in [1.807, 2.05) is 6.20 Å². The molecule has 1 unspecified atom stereocenters. The van der Waals surface area contributed by atoms with Crippen LogP contribution >= 0.6 is 0 Å². The maximum atomic E-state index is 13.3. The van der Waals surface area contributed by atoms with Gasteiger partial charge < -0.3 is 14.6 Å². The number of imidazole rings is 1. The van der Waals surface area contributed by atoms with Crippen LogP contribution in [0.25, 0.3) is 0 Å². The standard InChI is InChI=1S/C19H22FN3O2/c20-15-3-1-14(2-4-15)19(7-11-25-12-8-19)18(24)22-16-5-6-17-21-9-10-23(17)13-16/h1-4,9-10,16H,5-8,11-13H2,(H,22,24). The molecule has 2 aromatic rings. The number of benzene rings is 1. The number of aryl methyl sites for hydroxylation is 1. The Labute approximate surface area is 146 Å². The molecule has 1 saturated heterocycles. The van der Waals surface area contributed by atoms with Gasteiger partial charge in [-0.1, -0.05) is 12.1 Å². The van der Waals surface area contributed by atoms with E-state index in [1.54, 1.807) is 18.3 Å². The Morgan fingerprint density at radius 2 is 2.04 bits per heavy atom. The molecule has 1 fully saturated rings. The molecule has 1 aromatic heterocycles. The molecule has 1 N–H and O–H groups in total. The van der Waals surface area contributed by atoms with Crippen molar-refractivity contribution in [2.75, 3.05) is 13.2 Å². The number of carbonyl (C=O) groups is 1. The molecule has 0 bridgehead atoms. The zero-order valence-electron chi connectivity index (χ0n) is 14.1. The van der Waals surface area contributed by atoms with Crippen molar-refractivity contribution < 1.29 is 13.9 Å². The van der Waals surface area contributed by atoms with Gasteiger partial charge >= 0.3 is 0 Å². The number of nitrogens with zero attached hydrogens (tertiary/aromatic N) is 2. The first-order chi connectivity index (χ1) is 12.2. The lowest BCUT2D eigenvalue weighted by Crippen LogP contribution is -2.52. The molecule has 1 aromatic carbocycles. The first kappa shape index (κ1) is 16.3. The van der Waals surface area contributed by atoms with Crippen molar-refractivity contribution in [3.8, 4) is 0 Å². The average Bonchev–Trinajstić information content (AvgIpc) is 3.10. The smallest absolute Gasteiger partial charge is 0.231 e. The number of ether oxygens (including phenoxy) is 1. The molecule has 132 valence electrons. The number of hydrogen-bond donors (Lipinski definition) is 1. The highest BCUT2D eigenvalue weighted by molar-refractivity contribution is 5.88. The highest BCUT2D eigenvalue weighted by Crippen LogP contribution is 2.35. The molecule has 0 aliphatic carbocycles. The summed E-state index contributed by atoms with van der Waals surface area (Å²) in [4.78, 5) is 17.6. The number of aromatic nitrogens is 2. The van der Waals surface area contributed by atoms with Gasteiger partial charge in [0.05, 0.1) is 5.41 Å². The van der Waals surface area contributed by atoms with E-state index in [2.05, 4.69) is 14.9 Å². The number of hydrogen-bond acceptors (Lipinski definition) is 3. The Bertz CT molecular complexity index is 750. The van der Waals surface area contributed by atoms with E-state index in [-0.39, 0.29) is 17.8 Å². The monoisotopic (exact) mass is 343 g/mol. The molecule has 6 heteroatoms. The highest BCUT2D eigenvalue weighted by Gasteiger charge is 2.42. The Morgan fingerprint density at radius 1 is 1.28 bits per heavy atom. The molecule has 1 atom stereocenters. The van der Waals surface area contributed by atoms with Gasteiger partial charge in [-0.25, -0.2) is 9.37 Å². The first-order valence-corrected chi connectivity index (χ1v) is 8.82. The molecule has 2 aliphatic rings. The van der Waals surface area contributed by atoms with Crippen molar-refractivity contribution in [1.82, 2.24) is 14.9 Å². The van der Waals surface area contributed by atoms with Gasteiger partial charge in [-0.05, 0) is 37.0 Å². The van der Waals surface area contributed by atoms with Gasteiger partial charge in [0.15, 0.2) is 0 Å². The second-order valence-electron chi connectivity index (χ2n) is 6.91. The first-order valence-electron chi connectivity index (χ1n) is 8.82. The van der Waals surface area contributed by atoms with Gasteiger partial charge in [-0.3, -0.25) is 4.79 Å². The van der Waals surface area contributed by atoms with Crippen LogP contribution in [-0.2, 0) is 27.9 Å². The SMILES string of the molecule is O=C(NC1CCc2nccn2C1)C1(c2ccc(F)cc2)CCOCC1. The number of nitrogens with one attached hydrogen (secondary N) is 1. The van der Waals surface area contributed by atoms with Crippen LogP contribution in [0.1, 0.15) is 30.7 Å². The third kappa shape index (κ3) is 3.06. The Morgan fingerprint density at radius 3 is 2.80 bits per heavy atom. The van der Waals surface area contributed by atoms with Crippen molar-refractivity contribution >= 4 is 5.91 Å². The van der Waals surface area contributed by atoms with Crippen molar-refractivity contribution in [3.63, 3.8) is 0 Å². The molecule has 25 heavy (non-hydrogen) atoms. The fraction of sp³-hybridized carbons (Fsp3) is 0.474. The van der Waals surface area contributed by atoms with E-state index in [0.29, 0.717) is 26.1 Å². The molecule has 0 saturated carbocycles. The minimum absolute atomic E-state index is 0.0240. The predicted octanol–water partition coefficient (Wildman–Crippen LogP) is 2.20. The van der Waals surface area contributed by atoms with Crippen LogP contribution in [0.3, 0.4) is 0 Å². The third-order valence-corrected chi connectivity index (χ3v) is 5.45. The second kappa shape index (κ2) is 6.59. The van der Waals surface area contributed by atoms with Crippen LogP contribution in [0.15, 0.2) is 36.7 Å². The van der Waals surface area contributed by atoms with Crippen molar-refractivity contribution in [3.05, 3.63) is 53.9 Å². The maximum absolute atomic E-state index is 13.3. The lowest BCUT2D eigenvalue weighted by molar-refractivity contribution is -0.131. The summed E-state index contributed by atoms with van der Waals surface area (Å²) in [6, 6.07) is 6.41. The minimum atomic E-state index is -0.638. The summed E-state index contributed by atoms with van der Waals surface area (Å²) >= 11 is 0. The molecule has 0 spiro atoms. The molecule has 5 nitrogen and oxygen atoms in total. The summed E-state index contributed by atoms with van der Waals surface area (Å²) in [7, 11) is 0. The van der Waals surface area contributed by atoms with Gasteiger partial charge in [-0.15, -0.1) is 0 Å². The predicted molar refractivity (Wildman–Crippen MR) is 90.6 cm³/mol. The number of amides is 1. The topological polar surface area (TPSA) is 56.2 Å². The van der Waals surface area contributed by atoms with E-state index in [9.17, 15) is 9.18 Å². The Kier molecular flexibility index (Phi) is 4.29. The fourth-order valence-corrected chi connectivity index (χ4v) is 3.94. The fourth-order valence-electron chi connectivity index (χ4n) is 3.94. The number of fused-ring (bicyclic) bond motifs is 1. The van der Waals surface area contributed by atoms with Gasteiger partial charge in [-0.2, -0.15) is 0 Å². The lowest BCUT2D eigenvalue weighted by atomic mass is 9.73. The van der Waals surface area contributed by atoms with E-state index in [1.165, 1.54) is 12.1 Å². The maximum Gasteiger partial charge on any atom is 0.231 e. The minimum Gasteiger partial charge on any atom is -0.381 e. The lowest BCUT2D eigenvalue weighted by Gasteiger charge is -2.38. The molecular weight excluding hydrogens is 321 g/mol. The molecule has 1 amide bonds. The average molecular weight is 343 g/mol. The van der Waals surface area contributed by atoms with E-state index < -0.39 is 5.41 Å². The molecular formula is C19H22FN3O2. The summed E-state index contributed by atoms with van der Waals surface area (Å²) in [5, 5.41) is 3.24. The number of rotatable bonds is 3. The van der Waals surface area contributed by atoms with Gasteiger partial charge in [0, 0.05) is 44.6 Å². The Hall–Kier alpha value is -2.21. The van der Waals surface area contributed by atoms with Crippen molar-refractivity contribution in [2.24, 2.45) is 0 Å². The summed E-state index contributed by atoms with van der Waals surface area (Å²) < 4.78 is 20.9. The summed E-state index contributed by atoms with van der Waals surface area (Å²) in [5.74, 6) is 0.812. The molecule has 4 rings (SSSR count). The van der Waals surface area contributed by atoms with Crippen LogP contribution in [0.2, 0.25) is 0 Å². The van der Waals surface area contributed by atoms with Crippen LogP contribution in [0, 0.1) is 5.82 Å². The van der Waals surface area contributed by atoms with Gasteiger partial charge in [0.25, 0.3) is 0 Å².